The molecule has 0 amide bonds. The predicted octanol–water partition coefficient (Wildman–Crippen LogP) is 4.83. The third-order valence-corrected chi connectivity index (χ3v) is 13.5. The monoisotopic (exact) mass is 570 g/mol. The molecule has 6 nitrogen and oxygen atoms in total. The number of ketones is 1. The summed E-state index contributed by atoms with van der Waals surface area (Å²) in [6.07, 6.45) is 1.80. The Morgan fingerprint density at radius 2 is 1.52 bits per heavy atom. The summed E-state index contributed by atoms with van der Waals surface area (Å²) in [5.74, 6) is -0.0654. The van der Waals surface area contributed by atoms with Gasteiger partial charge in [0.1, 0.15) is 10.8 Å². The number of hydrogen-bond donors (Lipinski definition) is 0. The molecule has 40 heavy (non-hydrogen) atoms. The van der Waals surface area contributed by atoms with Crippen molar-refractivity contribution in [3.05, 3.63) is 125 Å². The average Bonchev–Trinajstić information content (AvgIpc) is 3.43. The van der Waals surface area contributed by atoms with Gasteiger partial charge in [0.05, 0.1) is 25.3 Å². The van der Waals surface area contributed by atoms with Gasteiger partial charge in [-0.3, -0.25) is 9.36 Å². The number of carbonyl (C=O) groups excluding carboxylic acids is 1. The first-order valence-corrected chi connectivity index (χ1v) is 16.3. The molecular formula is C32H34N2O4SSi. The smallest absolute Gasteiger partial charge is 0.348 e. The minimum Gasteiger partial charge on any atom is -0.404 e. The largest absolute Gasteiger partial charge is 0.404 e. The molecule has 0 bridgehead atoms. The van der Waals surface area contributed by atoms with Gasteiger partial charge in [-0.1, -0.05) is 112 Å². The third kappa shape index (κ3) is 5.90. The number of rotatable bonds is 9. The van der Waals surface area contributed by atoms with E-state index in [2.05, 4.69) is 74.3 Å². The highest BCUT2D eigenvalue weighted by Gasteiger charge is 2.50. The Morgan fingerprint density at radius 1 is 0.950 bits per heavy atom. The van der Waals surface area contributed by atoms with Crippen LogP contribution in [0.25, 0.3) is 0 Å². The first-order chi connectivity index (χ1) is 19.3. The average molecular weight is 571 g/mol. The molecule has 1 aromatic heterocycles. The molecule has 2 atom stereocenters. The number of nitrogens with zero attached hydrogens (tertiary/aromatic N) is 2. The second-order valence-electron chi connectivity index (χ2n) is 10.9. The number of Topliss-reactive ketones (excluding diaryl/α,β-unsaturated/α-hetero) is 1. The summed E-state index contributed by atoms with van der Waals surface area (Å²) < 4.78 is 14.7. The van der Waals surface area contributed by atoms with Crippen LogP contribution < -0.4 is 16.1 Å². The fourth-order valence-electron chi connectivity index (χ4n) is 5.29. The van der Waals surface area contributed by atoms with Crippen molar-refractivity contribution in [3.63, 3.8) is 0 Å². The van der Waals surface area contributed by atoms with Crippen LogP contribution in [0, 0.1) is 0 Å². The summed E-state index contributed by atoms with van der Waals surface area (Å²) in [7, 11) is -2.69. The highest BCUT2D eigenvalue weighted by Crippen LogP contribution is 2.39. The van der Waals surface area contributed by atoms with Gasteiger partial charge in [-0.2, -0.15) is 4.98 Å². The highest BCUT2D eigenvalue weighted by molar-refractivity contribution is 8.00. The summed E-state index contributed by atoms with van der Waals surface area (Å²) in [6.45, 7) is 7.53. The van der Waals surface area contributed by atoms with Crippen LogP contribution >= 0.6 is 11.8 Å². The van der Waals surface area contributed by atoms with Crippen LogP contribution in [0.15, 0.2) is 108 Å². The second-order valence-corrected chi connectivity index (χ2v) is 16.6. The topological polar surface area (TPSA) is 70.4 Å². The van der Waals surface area contributed by atoms with E-state index in [1.807, 2.05) is 30.3 Å². The molecule has 0 spiro atoms. The first-order valence-electron chi connectivity index (χ1n) is 13.5. The number of benzene rings is 3. The number of aromatic nitrogens is 2. The normalized spacial score (nSPS) is 17.6. The predicted molar refractivity (Wildman–Crippen MR) is 163 cm³/mol. The zero-order chi connectivity index (χ0) is 28.2. The summed E-state index contributed by atoms with van der Waals surface area (Å²) in [4.78, 5) is 29.7. The molecule has 206 valence electrons. The van der Waals surface area contributed by atoms with E-state index in [-0.39, 0.29) is 33.7 Å². The number of carbonyl (C=O) groups is 1. The van der Waals surface area contributed by atoms with Crippen molar-refractivity contribution in [3.8, 4) is 0 Å². The van der Waals surface area contributed by atoms with E-state index in [4.69, 9.17) is 9.16 Å². The third-order valence-electron chi connectivity index (χ3n) is 7.22. The van der Waals surface area contributed by atoms with Gasteiger partial charge >= 0.3 is 5.69 Å². The fourth-order valence-corrected chi connectivity index (χ4v) is 11.1. The molecule has 0 saturated carbocycles. The van der Waals surface area contributed by atoms with Crippen molar-refractivity contribution in [2.45, 2.75) is 43.0 Å². The Kier molecular flexibility index (Phi) is 8.51. The molecule has 8 heteroatoms. The van der Waals surface area contributed by atoms with Gasteiger partial charge in [0.2, 0.25) is 0 Å². The molecule has 1 aliphatic rings. The van der Waals surface area contributed by atoms with E-state index in [0.29, 0.717) is 24.5 Å². The maximum absolute atomic E-state index is 12.9. The van der Waals surface area contributed by atoms with Crippen LogP contribution in [0.2, 0.25) is 5.04 Å². The van der Waals surface area contributed by atoms with Crippen molar-refractivity contribution in [1.29, 1.82) is 0 Å². The van der Waals surface area contributed by atoms with Gasteiger partial charge in [-0.15, -0.1) is 11.8 Å². The first kappa shape index (κ1) is 28.2. The van der Waals surface area contributed by atoms with Crippen LogP contribution in [0.5, 0.6) is 0 Å². The zero-order valence-corrected chi connectivity index (χ0v) is 24.8. The SMILES string of the molecule is CC(C)(C)[Si](OC[C@H]1OC[C@@H](n2ccc(CC(=O)c3ccccc3)nc2=O)S1)(c1ccccc1)c1ccccc1. The van der Waals surface area contributed by atoms with E-state index in [9.17, 15) is 9.59 Å². The maximum atomic E-state index is 12.9. The fraction of sp³-hybridized carbons (Fsp3) is 0.281. The standard InChI is InChI=1S/C32H34N2O4SSi/c1-32(2,3)40(26-15-9-5-10-16-26,27-17-11-6-12-18-27)38-23-30-37-22-29(39-30)34-20-19-25(33-31(34)36)21-28(35)24-13-7-4-8-14-24/h4-20,29-30H,21-23H2,1-3H3/t29-,30-/m0/s1. The molecule has 2 heterocycles. The van der Waals surface area contributed by atoms with Crippen molar-refractivity contribution >= 4 is 36.2 Å². The molecule has 1 saturated heterocycles. The summed E-state index contributed by atoms with van der Waals surface area (Å²) in [6, 6.07) is 31.8. The molecule has 0 unspecified atom stereocenters. The van der Waals surface area contributed by atoms with Gasteiger partial charge < -0.3 is 9.16 Å². The lowest BCUT2D eigenvalue weighted by molar-refractivity contribution is 0.0849. The molecular weight excluding hydrogens is 537 g/mol. The highest BCUT2D eigenvalue weighted by atomic mass is 32.2. The zero-order valence-electron chi connectivity index (χ0n) is 23.0. The van der Waals surface area contributed by atoms with E-state index >= 15 is 0 Å². The van der Waals surface area contributed by atoms with Crippen LogP contribution in [-0.4, -0.2) is 42.3 Å². The Labute approximate surface area is 240 Å². The van der Waals surface area contributed by atoms with Gasteiger partial charge in [0.15, 0.2) is 5.78 Å². The summed E-state index contributed by atoms with van der Waals surface area (Å²) in [5.41, 5.74) is 0.466. The molecule has 4 aromatic rings. The summed E-state index contributed by atoms with van der Waals surface area (Å²) in [5, 5.41) is 2.09. The number of thioether (sulfide) groups is 1. The van der Waals surface area contributed by atoms with Gasteiger partial charge in [0, 0.05) is 11.8 Å². The van der Waals surface area contributed by atoms with Crippen molar-refractivity contribution in [2.24, 2.45) is 0 Å². The van der Waals surface area contributed by atoms with Crippen molar-refractivity contribution in [1.82, 2.24) is 9.55 Å². The van der Waals surface area contributed by atoms with E-state index in [0.717, 1.165) is 0 Å². The Morgan fingerprint density at radius 3 is 2.08 bits per heavy atom. The van der Waals surface area contributed by atoms with E-state index < -0.39 is 8.32 Å². The molecule has 1 aliphatic heterocycles. The molecule has 1 fully saturated rings. The van der Waals surface area contributed by atoms with Gasteiger partial charge in [0.25, 0.3) is 8.32 Å². The molecule has 0 aliphatic carbocycles. The quantitative estimate of drug-likeness (QED) is 0.212. The minimum absolute atomic E-state index is 0.0654. The van der Waals surface area contributed by atoms with Crippen LogP contribution in [0.1, 0.15) is 42.2 Å². The van der Waals surface area contributed by atoms with Crippen molar-refractivity contribution in [2.75, 3.05) is 13.2 Å². The van der Waals surface area contributed by atoms with Gasteiger partial charge in [-0.05, 0) is 21.5 Å². The van der Waals surface area contributed by atoms with Crippen molar-refractivity contribution < 1.29 is 14.0 Å². The number of hydrogen-bond acceptors (Lipinski definition) is 6. The Bertz CT molecular complexity index is 1450. The van der Waals surface area contributed by atoms with Crippen LogP contribution in [-0.2, 0) is 15.6 Å². The van der Waals surface area contributed by atoms with Gasteiger partial charge in [-0.25, -0.2) is 4.79 Å². The van der Waals surface area contributed by atoms with E-state index in [1.165, 1.54) is 10.4 Å². The summed E-state index contributed by atoms with van der Waals surface area (Å²) >= 11 is 1.57. The lowest BCUT2D eigenvalue weighted by Crippen LogP contribution is -2.67. The molecule has 0 N–H and O–H groups in total. The van der Waals surface area contributed by atoms with Crippen LogP contribution in [0.3, 0.4) is 0 Å². The maximum Gasteiger partial charge on any atom is 0.348 e. The number of ether oxygens (including phenoxy) is 1. The lowest BCUT2D eigenvalue weighted by atomic mass is 10.1. The minimum atomic E-state index is -2.69. The Balaban J connectivity index is 1.31. The molecule has 3 aromatic carbocycles. The molecule has 5 rings (SSSR count). The lowest BCUT2D eigenvalue weighted by Gasteiger charge is -2.43. The van der Waals surface area contributed by atoms with E-state index in [1.54, 1.807) is 40.7 Å². The Hall–Kier alpha value is -3.30. The molecule has 0 radical (unpaired) electrons. The second kappa shape index (κ2) is 12.1. The van der Waals surface area contributed by atoms with Crippen LogP contribution in [0.4, 0.5) is 0 Å².